The molecule has 0 fully saturated rings. The second-order valence-corrected chi connectivity index (χ2v) is 5.66. The Morgan fingerprint density at radius 3 is 1.75 bits per heavy atom. The normalized spacial score (nSPS) is 11.1. The molecule has 2 heteroatoms. The Labute approximate surface area is 126 Å². The molecule has 0 spiro atoms. The molecule has 0 aromatic carbocycles. The van der Waals surface area contributed by atoms with Crippen molar-refractivity contribution in [1.29, 1.82) is 0 Å². The van der Waals surface area contributed by atoms with Crippen LogP contribution in [0.2, 0.25) is 0 Å². The van der Waals surface area contributed by atoms with Gasteiger partial charge in [-0.25, -0.2) is 0 Å². The van der Waals surface area contributed by atoms with Gasteiger partial charge in [0.1, 0.15) is 0 Å². The molecule has 0 bridgehead atoms. The van der Waals surface area contributed by atoms with E-state index in [0.29, 0.717) is 0 Å². The van der Waals surface area contributed by atoms with E-state index >= 15 is 0 Å². The lowest BCUT2D eigenvalue weighted by Gasteiger charge is -2.00. The number of hydrogen-bond donors (Lipinski definition) is 1. The number of allylic oxidation sites excluding steroid dienone is 2. The highest BCUT2D eigenvalue weighted by atomic mass is 16.1. The Morgan fingerprint density at radius 1 is 0.700 bits per heavy atom. The predicted octanol–water partition coefficient (Wildman–Crippen LogP) is 5.38. The van der Waals surface area contributed by atoms with Gasteiger partial charge in [0.05, 0.1) is 0 Å². The van der Waals surface area contributed by atoms with Gasteiger partial charge in [-0.05, 0) is 32.1 Å². The van der Waals surface area contributed by atoms with Gasteiger partial charge in [0.25, 0.3) is 0 Å². The molecule has 0 aliphatic rings. The van der Waals surface area contributed by atoms with Gasteiger partial charge in [0.15, 0.2) is 0 Å². The number of amides is 1. The lowest BCUT2D eigenvalue weighted by Crippen LogP contribution is -2.11. The van der Waals surface area contributed by atoms with Gasteiger partial charge in [0.2, 0.25) is 6.41 Å². The standard InChI is InChI=1S/C18H35NO/c1-2-3-4-5-6-7-8-9-10-11-12-13-14-15-16-17-19-18-20/h9-10,18H,2-8,11-17H2,1H3,(H,19,20). The molecule has 0 aliphatic heterocycles. The summed E-state index contributed by atoms with van der Waals surface area (Å²) in [6.45, 7) is 3.10. The highest BCUT2D eigenvalue weighted by Crippen LogP contribution is 2.09. The lowest BCUT2D eigenvalue weighted by atomic mass is 10.1. The molecule has 0 unspecified atom stereocenters. The van der Waals surface area contributed by atoms with Crippen LogP contribution in [0, 0.1) is 0 Å². The Hall–Kier alpha value is -0.790. The molecule has 118 valence electrons. The topological polar surface area (TPSA) is 29.1 Å². The maximum Gasteiger partial charge on any atom is 0.207 e. The van der Waals surface area contributed by atoms with E-state index in [1.807, 2.05) is 0 Å². The first-order valence-corrected chi connectivity index (χ1v) is 8.73. The molecule has 0 saturated carbocycles. The highest BCUT2D eigenvalue weighted by Gasteiger charge is 1.90. The largest absolute Gasteiger partial charge is 0.359 e. The van der Waals surface area contributed by atoms with E-state index in [-0.39, 0.29) is 0 Å². The van der Waals surface area contributed by atoms with Crippen LogP contribution >= 0.6 is 0 Å². The third-order valence-corrected chi connectivity index (χ3v) is 3.67. The summed E-state index contributed by atoms with van der Waals surface area (Å²) in [6, 6.07) is 0. The van der Waals surface area contributed by atoms with Crippen LogP contribution in [0.25, 0.3) is 0 Å². The minimum atomic E-state index is 0.786. The first-order chi connectivity index (χ1) is 9.91. The summed E-state index contributed by atoms with van der Waals surface area (Å²) in [6.07, 6.45) is 22.7. The summed E-state index contributed by atoms with van der Waals surface area (Å²) in [5.41, 5.74) is 0. The molecule has 0 atom stereocenters. The molecule has 0 aromatic rings. The van der Waals surface area contributed by atoms with E-state index in [9.17, 15) is 4.79 Å². The number of hydrogen-bond acceptors (Lipinski definition) is 1. The molecule has 1 N–H and O–H groups in total. The zero-order valence-corrected chi connectivity index (χ0v) is 13.5. The van der Waals surface area contributed by atoms with Crippen LogP contribution in [0.5, 0.6) is 0 Å². The number of carbonyl (C=O) groups is 1. The summed E-state index contributed by atoms with van der Waals surface area (Å²) in [5, 5.41) is 2.70. The summed E-state index contributed by atoms with van der Waals surface area (Å²) in [5.74, 6) is 0. The minimum absolute atomic E-state index is 0.786. The Morgan fingerprint density at radius 2 is 1.20 bits per heavy atom. The molecule has 0 rings (SSSR count). The van der Waals surface area contributed by atoms with Crippen molar-refractivity contribution in [3.8, 4) is 0 Å². The van der Waals surface area contributed by atoms with Crippen LogP contribution in [0.1, 0.15) is 90.4 Å². The molecule has 2 nitrogen and oxygen atoms in total. The summed E-state index contributed by atoms with van der Waals surface area (Å²) in [4.78, 5) is 10.0. The fraction of sp³-hybridized carbons (Fsp3) is 0.833. The third kappa shape index (κ3) is 17.2. The predicted molar refractivity (Wildman–Crippen MR) is 88.9 cm³/mol. The Balaban J connectivity index is 3.03. The zero-order chi connectivity index (χ0) is 14.7. The van der Waals surface area contributed by atoms with Crippen LogP contribution in [-0.4, -0.2) is 13.0 Å². The quantitative estimate of drug-likeness (QED) is 0.230. The molecular weight excluding hydrogens is 246 g/mol. The van der Waals surface area contributed by atoms with Gasteiger partial charge in [0, 0.05) is 6.54 Å². The first kappa shape index (κ1) is 19.2. The number of nitrogens with one attached hydrogen (secondary N) is 1. The van der Waals surface area contributed by atoms with E-state index in [4.69, 9.17) is 0 Å². The van der Waals surface area contributed by atoms with Gasteiger partial charge >= 0.3 is 0 Å². The molecule has 20 heavy (non-hydrogen) atoms. The second-order valence-electron chi connectivity index (χ2n) is 5.66. The van der Waals surface area contributed by atoms with E-state index in [2.05, 4.69) is 24.4 Å². The van der Waals surface area contributed by atoms with Crippen molar-refractivity contribution in [3.05, 3.63) is 12.2 Å². The molecule has 0 saturated heterocycles. The van der Waals surface area contributed by atoms with Gasteiger partial charge < -0.3 is 5.32 Å². The van der Waals surface area contributed by atoms with Gasteiger partial charge in [-0.2, -0.15) is 0 Å². The lowest BCUT2D eigenvalue weighted by molar-refractivity contribution is -0.109. The van der Waals surface area contributed by atoms with Crippen molar-refractivity contribution in [3.63, 3.8) is 0 Å². The smallest absolute Gasteiger partial charge is 0.207 e. The molecule has 0 aliphatic carbocycles. The van der Waals surface area contributed by atoms with Crippen molar-refractivity contribution >= 4 is 6.41 Å². The maximum absolute atomic E-state index is 10.0. The van der Waals surface area contributed by atoms with Crippen molar-refractivity contribution in [2.75, 3.05) is 6.54 Å². The van der Waals surface area contributed by atoms with Crippen molar-refractivity contribution in [2.24, 2.45) is 0 Å². The van der Waals surface area contributed by atoms with Gasteiger partial charge in [-0.1, -0.05) is 70.4 Å². The van der Waals surface area contributed by atoms with E-state index in [0.717, 1.165) is 19.4 Å². The minimum Gasteiger partial charge on any atom is -0.359 e. The van der Waals surface area contributed by atoms with E-state index in [1.54, 1.807) is 0 Å². The highest BCUT2D eigenvalue weighted by molar-refractivity contribution is 5.45. The van der Waals surface area contributed by atoms with Gasteiger partial charge in [-0.3, -0.25) is 4.79 Å². The van der Waals surface area contributed by atoms with Crippen molar-refractivity contribution in [1.82, 2.24) is 5.32 Å². The van der Waals surface area contributed by atoms with Crippen molar-refractivity contribution < 1.29 is 4.79 Å². The SMILES string of the molecule is CCCCCCCCC=CCCCCCCCNC=O. The molecule has 1 amide bonds. The third-order valence-electron chi connectivity index (χ3n) is 3.67. The van der Waals surface area contributed by atoms with Crippen molar-refractivity contribution in [2.45, 2.75) is 90.4 Å². The maximum atomic E-state index is 10.0. The summed E-state index contributed by atoms with van der Waals surface area (Å²) in [7, 11) is 0. The first-order valence-electron chi connectivity index (χ1n) is 8.73. The van der Waals surface area contributed by atoms with Crippen LogP contribution in [0.3, 0.4) is 0 Å². The average molecular weight is 281 g/mol. The average Bonchev–Trinajstić information content (AvgIpc) is 2.47. The summed E-state index contributed by atoms with van der Waals surface area (Å²) < 4.78 is 0. The molecular formula is C18H35NO. The van der Waals surface area contributed by atoms with Crippen LogP contribution in [-0.2, 0) is 4.79 Å². The Kier molecular flexibility index (Phi) is 17.5. The van der Waals surface area contributed by atoms with E-state index in [1.165, 1.54) is 77.0 Å². The van der Waals surface area contributed by atoms with E-state index < -0.39 is 0 Å². The fourth-order valence-corrected chi connectivity index (χ4v) is 2.36. The monoisotopic (exact) mass is 281 g/mol. The fourth-order valence-electron chi connectivity index (χ4n) is 2.36. The molecule has 0 radical (unpaired) electrons. The zero-order valence-electron chi connectivity index (χ0n) is 13.5. The second kappa shape index (κ2) is 18.2. The molecule has 0 heterocycles. The van der Waals surface area contributed by atoms with Crippen LogP contribution in [0.15, 0.2) is 12.2 Å². The number of rotatable bonds is 16. The molecule has 0 aromatic heterocycles. The Bertz CT molecular complexity index is 213. The number of carbonyl (C=O) groups excluding carboxylic acids is 1. The number of unbranched alkanes of at least 4 members (excludes halogenated alkanes) is 11. The van der Waals surface area contributed by atoms with Gasteiger partial charge in [-0.15, -0.1) is 0 Å². The van der Waals surface area contributed by atoms with Crippen LogP contribution in [0.4, 0.5) is 0 Å². The summed E-state index contributed by atoms with van der Waals surface area (Å²) >= 11 is 0. The van der Waals surface area contributed by atoms with Crippen LogP contribution < -0.4 is 5.32 Å².